The van der Waals surface area contributed by atoms with Gasteiger partial charge in [-0.25, -0.2) is 4.98 Å². The number of ether oxygens (including phenoxy) is 1. The van der Waals surface area contributed by atoms with E-state index in [9.17, 15) is 9.59 Å². The van der Waals surface area contributed by atoms with Gasteiger partial charge in [-0.3, -0.25) is 14.2 Å². The fraction of sp³-hybridized carbons (Fsp3) is 0.136. The van der Waals surface area contributed by atoms with Gasteiger partial charge >= 0.3 is 0 Å². The standard InChI is InChI=1S/C22H19N3O3S2/c1-25-21(27)20-17(12-18(30-20)14-6-4-3-5-7-14)24-22(25)29-13-19(26)23-15-8-10-16(28-2)11-9-15/h3-12H,13H2,1-2H3,(H,23,26). The van der Waals surface area contributed by atoms with Gasteiger partial charge in [-0.05, 0) is 35.9 Å². The molecule has 0 aliphatic carbocycles. The molecular weight excluding hydrogens is 418 g/mol. The minimum Gasteiger partial charge on any atom is -0.497 e. The summed E-state index contributed by atoms with van der Waals surface area (Å²) in [6, 6.07) is 18.9. The van der Waals surface area contributed by atoms with Crippen molar-refractivity contribution < 1.29 is 9.53 Å². The third-order valence-electron chi connectivity index (χ3n) is 4.48. The summed E-state index contributed by atoms with van der Waals surface area (Å²) in [4.78, 5) is 30.7. The molecule has 0 aliphatic heterocycles. The Morgan fingerprint density at radius 2 is 1.90 bits per heavy atom. The zero-order valence-electron chi connectivity index (χ0n) is 16.4. The van der Waals surface area contributed by atoms with E-state index in [0.717, 1.165) is 16.2 Å². The van der Waals surface area contributed by atoms with Crippen LogP contribution in [0, 0.1) is 0 Å². The summed E-state index contributed by atoms with van der Waals surface area (Å²) in [7, 11) is 3.27. The highest BCUT2D eigenvalue weighted by molar-refractivity contribution is 7.99. The van der Waals surface area contributed by atoms with Crippen LogP contribution in [-0.2, 0) is 11.8 Å². The lowest BCUT2D eigenvalue weighted by Gasteiger charge is -2.08. The summed E-state index contributed by atoms with van der Waals surface area (Å²) in [5, 5.41) is 3.34. The second-order valence-electron chi connectivity index (χ2n) is 6.51. The van der Waals surface area contributed by atoms with Crippen LogP contribution in [0.25, 0.3) is 20.7 Å². The van der Waals surface area contributed by atoms with E-state index in [0.29, 0.717) is 21.1 Å². The van der Waals surface area contributed by atoms with Crippen LogP contribution in [0.5, 0.6) is 5.75 Å². The number of rotatable bonds is 6. The molecule has 0 saturated carbocycles. The predicted octanol–water partition coefficient (Wildman–Crippen LogP) is 4.40. The van der Waals surface area contributed by atoms with Crippen LogP contribution in [0.4, 0.5) is 5.69 Å². The zero-order chi connectivity index (χ0) is 21.1. The molecule has 0 fully saturated rings. The Hall–Kier alpha value is -3.10. The molecule has 0 spiro atoms. The first kappa shape index (κ1) is 20.2. The second-order valence-corrected chi connectivity index (χ2v) is 8.51. The molecule has 0 atom stereocenters. The van der Waals surface area contributed by atoms with Crippen LogP contribution in [0.1, 0.15) is 0 Å². The van der Waals surface area contributed by atoms with Gasteiger partial charge in [0.2, 0.25) is 5.91 Å². The fourth-order valence-electron chi connectivity index (χ4n) is 2.91. The zero-order valence-corrected chi connectivity index (χ0v) is 18.0. The Bertz CT molecular complexity index is 1250. The van der Waals surface area contributed by atoms with Gasteiger partial charge in [0.15, 0.2) is 5.16 Å². The van der Waals surface area contributed by atoms with Crippen molar-refractivity contribution in [1.82, 2.24) is 9.55 Å². The molecule has 2 aromatic carbocycles. The van der Waals surface area contributed by atoms with E-state index in [1.54, 1.807) is 38.4 Å². The average Bonchev–Trinajstić information content (AvgIpc) is 3.21. The maximum Gasteiger partial charge on any atom is 0.271 e. The van der Waals surface area contributed by atoms with Gasteiger partial charge in [-0.1, -0.05) is 42.1 Å². The van der Waals surface area contributed by atoms with Crippen molar-refractivity contribution in [2.75, 3.05) is 18.2 Å². The topological polar surface area (TPSA) is 73.2 Å². The molecule has 1 amide bonds. The van der Waals surface area contributed by atoms with Crippen molar-refractivity contribution in [1.29, 1.82) is 0 Å². The van der Waals surface area contributed by atoms with E-state index in [2.05, 4.69) is 10.3 Å². The van der Waals surface area contributed by atoms with E-state index in [4.69, 9.17) is 4.74 Å². The molecule has 0 saturated heterocycles. The summed E-state index contributed by atoms with van der Waals surface area (Å²) in [6.07, 6.45) is 0. The van der Waals surface area contributed by atoms with Gasteiger partial charge in [-0.2, -0.15) is 0 Å². The monoisotopic (exact) mass is 437 g/mol. The number of aromatic nitrogens is 2. The number of nitrogens with one attached hydrogen (secondary N) is 1. The Kier molecular flexibility index (Phi) is 5.87. The number of amides is 1. The van der Waals surface area contributed by atoms with Crippen LogP contribution in [0.15, 0.2) is 70.6 Å². The number of benzene rings is 2. The average molecular weight is 438 g/mol. The molecule has 0 unspecified atom stereocenters. The number of nitrogens with zero attached hydrogens (tertiary/aromatic N) is 2. The van der Waals surface area contributed by atoms with Gasteiger partial charge in [-0.15, -0.1) is 11.3 Å². The van der Waals surface area contributed by atoms with Crippen LogP contribution < -0.4 is 15.6 Å². The SMILES string of the molecule is COc1ccc(NC(=O)CSc2nc3cc(-c4ccccc4)sc3c(=O)n2C)cc1. The molecular formula is C22H19N3O3S2. The Morgan fingerprint density at radius 3 is 2.60 bits per heavy atom. The predicted molar refractivity (Wildman–Crippen MR) is 123 cm³/mol. The van der Waals surface area contributed by atoms with E-state index >= 15 is 0 Å². The van der Waals surface area contributed by atoms with Gasteiger partial charge < -0.3 is 10.1 Å². The fourth-order valence-corrected chi connectivity index (χ4v) is 4.76. The van der Waals surface area contributed by atoms with Crippen LogP contribution in [-0.4, -0.2) is 28.3 Å². The summed E-state index contributed by atoms with van der Waals surface area (Å²) >= 11 is 2.67. The quantitative estimate of drug-likeness (QED) is 0.357. The minimum atomic E-state index is -0.171. The number of hydrogen-bond donors (Lipinski definition) is 1. The van der Waals surface area contributed by atoms with Gasteiger partial charge in [0.25, 0.3) is 5.56 Å². The molecule has 0 radical (unpaired) electrons. The van der Waals surface area contributed by atoms with Gasteiger partial charge in [0.1, 0.15) is 10.4 Å². The van der Waals surface area contributed by atoms with Crippen molar-refractivity contribution in [3.05, 3.63) is 71.0 Å². The summed E-state index contributed by atoms with van der Waals surface area (Å²) in [5.41, 5.74) is 2.28. The minimum absolute atomic E-state index is 0.106. The largest absolute Gasteiger partial charge is 0.497 e. The molecule has 0 bridgehead atoms. The number of carbonyl (C=O) groups excluding carboxylic acids is 1. The summed E-state index contributed by atoms with van der Waals surface area (Å²) in [6.45, 7) is 0. The molecule has 1 N–H and O–H groups in total. The normalized spacial score (nSPS) is 10.9. The van der Waals surface area contributed by atoms with Crippen LogP contribution >= 0.6 is 23.1 Å². The van der Waals surface area contributed by atoms with Crippen LogP contribution in [0.3, 0.4) is 0 Å². The van der Waals surface area contributed by atoms with Crippen molar-refractivity contribution in [2.45, 2.75) is 5.16 Å². The Balaban J connectivity index is 1.51. The third-order valence-corrected chi connectivity index (χ3v) is 6.67. The van der Waals surface area contributed by atoms with Gasteiger partial charge in [0, 0.05) is 17.6 Å². The van der Waals surface area contributed by atoms with E-state index in [1.165, 1.54) is 27.7 Å². The highest BCUT2D eigenvalue weighted by Crippen LogP contribution is 2.31. The summed E-state index contributed by atoms with van der Waals surface area (Å²) in [5.74, 6) is 0.698. The number of anilines is 1. The van der Waals surface area contributed by atoms with E-state index in [-0.39, 0.29) is 17.2 Å². The van der Waals surface area contributed by atoms with Crippen molar-refractivity contribution in [2.24, 2.45) is 7.05 Å². The maximum absolute atomic E-state index is 12.8. The van der Waals surface area contributed by atoms with Crippen molar-refractivity contribution in [3.8, 4) is 16.2 Å². The highest BCUT2D eigenvalue weighted by Gasteiger charge is 2.14. The third kappa shape index (κ3) is 4.24. The number of thioether (sulfide) groups is 1. The molecule has 152 valence electrons. The maximum atomic E-state index is 12.8. The molecule has 6 nitrogen and oxygen atoms in total. The number of carbonyl (C=O) groups is 1. The Morgan fingerprint density at radius 1 is 1.17 bits per heavy atom. The Labute approximate surface area is 181 Å². The number of fused-ring (bicyclic) bond motifs is 1. The molecule has 4 rings (SSSR count). The molecule has 8 heteroatoms. The van der Waals surface area contributed by atoms with Gasteiger partial charge in [0.05, 0.1) is 18.4 Å². The van der Waals surface area contributed by atoms with Crippen LogP contribution in [0.2, 0.25) is 0 Å². The number of thiophene rings is 1. The first-order chi connectivity index (χ1) is 14.5. The lowest BCUT2D eigenvalue weighted by atomic mass is 10.2. The molecule has 2 heterocycles. The molecule has 4 aromatic rings. The lowest BCUT2D eigenvalue weighted by Crippen LogP contribution is -2.20. The van der Waals surface area contributed by atoms with Crippen molar-refractivity contribution >= 4 is 44.9 Å². The molecule has 30 heavy (non-hydrogen) atoms. The first-order valence-corrected chi connectivity index (χ1v) is 11.0. The smallest absolute Gasteiger partial charge is 0.271 e. The number of methoxy groups -OCH3 is 1. The number of hydrogen-bond acceptors (Lipinski definition) is 6. The summed E-state index contributed by atoms with van der Waals surface area (Å²) < 4.78 is 7.23. The van der Waals surface area contributed by atoms with E-state index in [1.807, 2.05) is 36.4 Å². The van der Waals surface area contributed by atoms with Crippen molar-refractivity contribution in [3.63, 3.8) is 0 Å². The highest BCUT2D eigenvalue weighted by atomic mass is 32.2. The first-order valence-electron chi connectivity index (χ1n) is 9.18. The lowest BCUT2D eigenvalue weighted by molar-refractivity contribution is -0.113. The van der Waals surface area contributed by atoms with E-state index < -0.39 is 0 Å². The second kappa shape index (κ2) is 8.73. The molecule has 2 aromatic heterocycles. The molecule has 0 aliphatic rings.